The number of rotatable bonds is 4. The first-order valence-electron chi connectivity index (χ1n) is 9.21. The third kappa shape index (κ3) is 3.14. The second-order valence-electron chi connectivity index (χ2n) is 7.32. The summed E-state index contributed by atoms with van der Waals surface area (Å²) in [5.74, 6) is 0. The maximum atomic E-state index is 4.46. The summed E-state index contributed by atoms with van der Waals surface area (Å²) in [6, 6.07) is 17.2. The van der Waals surface area contributed by atoms with Crippen molar-refractivity contribution >= 4 is 0 Å². The fourth-order valence-electron chi connectivity index (χ4n) is 4.12. The number of nitrogens with zero attached hydrogens (tertiary/aromatic N) is 4. The van der Waals surface area contributed by atoms with Crippen LogP contribution in [0.15, 0.2) is 60.9 Å². The summed E-state index contributed by atoms with van der Waals surface area (Å²) in [5, 5.41) is 0. The molecule has 0 amide bonds. The molecule has 26 heavy (non-hydrogen) atoms. The molecule has 0 aliphatic carbocycles. The molecule has 0 spiro atoms. The average Bonchev–Trinajstić information content (AvgIpc) is 3.22. The Kier molecular flexibility index (Phi) is 4.00. The predicted molar refractivity (Wildman–Crippen MR) is 101 cm³/mol. The van der Waals surface area contributed by atoms with Gasteiger partial charge in [-0.1, -0.05) is 24.3 Å². The van der Waals surface area contributed by atoms with Crippen LogP contribution in [0.3, 0.4) is 0 Å². The van der Waals surface area contributed by atoms with Gasteiger partial charge < -0.3 is 0 Å². The Hall–Kier alpha value is -2.56. The van der Waals surface area contributed by atoms with Crippen LogP contribution in [-0.2, 0) is 39.3 Å². The summed E-state index contributed by atoms with van der Waals surface area (Å²) >= 11 is 0. The van der Waals surface area contributed by atoms with Crippen LogP contribution < -0.4 is 0 Å². The van der Waals surface area contributed by atoms with Crippen LogP contribution in [0.25, 0.3) is 0 Å². The Balaban J connectivity index is 1.27. The van der Waals surface area contributed by atoms with Crippen LogP contribution in [0.2, 0.25) is 0 Å². The zero-order valence-electron chi connectivity index (χ0n) is 14.8. The highest BCUT2D eigenvalue weighted by atomic mass is 15.2. The van der Waals surface area contributed by atoms with Crippen molar-refractivity contribution in [2.75, 3.05) is 0 Å². The molecule has 0 saturated carbocycles. The standard InChI is InChI=1S/C22H22N4/c1-3-7-23-21(5-1)15-25-11-17-9-19-13-26(14-20(19)10-18(17)12-25)16-22-6-2-4-8-24-22/h1-10H,11-16H2. The second kappa shape index (κ2) is 6.63. The van der Waals surface area contributed by atoms with E-state index in [1.807, 2.05) is 24.5 Å². The van der Waals surface area contributed by atoms with Crippen molar-refractivity contribution in [2.24, 2.45) is 0 Å². The minimum atomic E-state index is 0.923. The molecule has 0 N–H and O–H groups in total. The third-order valence-electron chi connectivity index (χ3n) is 5.32. The minimum Gasteiger partial charge on any atom is -0.289 e. The average molecular weight is 342 g/mol. The molecule has 2 aliphatic heterocycles. The molecule has 0 atom stereocenters. The van der Waals surface area contributed by atoms with E-state index in [1.54, 1.807) is 0 Å². The molecule has 4 heteroatoms. The van der Waals surface area contributed by atoms with E-state index in [0.29, 0.717) is 0 Å². The number of fused-ring (bicyclic) bond motifs is 2. The van der Waals surface area contributed by atoms with E-state index < -0.39 is 0 Å². The quantitative estimate of drug-likeness (QED) is 0.726. The topological polar surface area (TPSA) is 32.3 Å². The van der Waals surface area contributed by atoms with Gasteiger partial charge in [-0.2, -0.15) is 0 Å². The molecule has 4 nitrogen and oxygen atoms in total. The second-order valence-corrected chi connectivity index (χ2v) is 7.32. The number of hydrogen-bond donors (Lipinski definition) is 0. The molecule has 1 aromatic carbocycles. The van der Waals surface area contributed by atoms with Gasteiger partial charge in [-0.3, -0.25) is 19.8 Å². The van der Waals surface area contributed by atoms with Crippen molar-refractivity contribution in [2.45, 2.75) is 39.3 Å². The van der Waals surface area contributed by atoms with Gasteiger partial charge >= 0.3 is 0 Å². The van der Waals surface area contributed by atoms with Crippen LogP contribution in [-0.4, -0.2) is 19.8 Å². The molecule has 3 aromatic rings. The molecule has 4 heterocycles. The molecule has 0 bridgehead atoms. The number of hydrogen-bond acceptors (Lipinski definition) is 4. The number of aromatic nitrogens is 2. The molecule has 2 aliphatic rings. The van der Waals surface area contributed by atoms with Gasteiger partial charge in [0.25, 0.3) is 0 Å². The molecule has 5 rings (SSSR count). The first-order chi connectivity index (χ1) is 12.8. The normalized spacial score (nSPS) is 16.6. The van der Waals surface area contributed by atoms with Crippen LogP contribution >= 0.6 is 0 Å². The van der Waals surface area contributed by atoms with Crippen molar-refractivity contribution < 1.29 is 0 Å². The van der Waals surface area contributed by atoms with E-state index in [2.05, 4.69) is 56.2 Å². The number of benzene rings is 1. The number of pyridine rings is 2. The zero-order chi connectivity index (χ0) is 17.3. The summed E-state index contributed by atoms with van der Waals surface area (Å²) < 4.78 is 0. The largest absolute Gasteiger partial charge is 0.289 e. The predicted octanol–water partition coefficient (Wildman–Crippen LogP) is 3.51. The smallest absolute Gasteiger partial charge is 0.0544 e. The molecule has 0 unspecified atom stereocenters. The van der Waals surface area contributed by atoms with Gasteiger partial charge in [0, 0.05) is 51.7 Å². The zero-order valence-corrected chi connectivity index (χ0v) is 14.8. The maximum absolute atomic E-state index is 4.46. The van der Waals surface area contributed by atoms with Crippen molar-refractivity contribution in [3.05, 3.63) is 94.6 Å². The van der Waals surface area contributed by atoms with Gasteiger partial charge in [0.1, 0.15) is 0 Å². The first kappa shape index (κ1) is 15.7. The minimum absolute atomic E-state index is 0.923. The molecule has 130 valence electrons. The highest BCUT2D eigenvalue weighted by Gasteiger charge is 2.25. The summed E-state index contributed by atoms with van der Waals surface area (Å²) in [6.07, 6.45) is 3.76. The van der Waals surface area contributed by atoms with Crippen LogP contribution in [0, 0.1) is 0 Å². The summed E-state index contributed by atoms with van der Waals surface area (Å²) in [5.41, 5.74) is 8.24. The molecular weight excluding hydrogens is 320 g/mol. The molecule has 0 fully saturated rings. The Morgan fingerprint density at radius 2 is 1.04 bits per heavy atom. The highest BCUT2D eigenvalue weighted by Crippen LogP contribution is 2.32. The van der Waals surface area contributed by atoms with E-state index in [4.69, 9.17) is 0 Å². The van der Waals surface area contributed by atoms with Gasteiger partial charge in [0.2, 0.25) is 0 Å². The van der Waals surface area contributed by atoms with Crippen molar-refractivity contribution in [1.29, 1.82) is 0 Å². The van der Waals surface area contributed by atoms with Crippen molar-refractivity contribution in [3.8, 4) is 0 Å². The molecule has 0 radical (unpaired) electrons. The third-order valence-corrected chi connectivity index (χ3v) is 5.32. The fraction of sp³-hybridized carbons (Fsp3) is 0.273. The summed E-state index contributed by atoms with van der Waals surface area (Å²) in [6.45, 7) is 5.95. The van der Waals surface area contributed by atoms with Crippen molar-refractivity contribution in [1.82, 2.24) is 19.8 Å². The van der Waals surface area contributed by atoms with E-state index in [9.17, 15) is 0 Å². The SMILES string of the molecule is c1ccc(CN2Cc3cc4c(cc3C2)CN(Cc2ccccn2)C4)nc1. The maximum Gasteiger partial charge on any atom is 0.0544 e. The Labute approximate surface area is 154 Å². The van der Waals surface area contributed by atoms with E-state index in [-0.39, 0.29) is 0 Å². The van der Waals surface area contributed by atoms with Gasteiger partial charge in [-0.05, 0) is 46.5 Å². The lowest BCUT2D eigenvalue weighted by Gasteiger charge is -2.14. The van der Waals surface area contributed by atoms with Crippen molar-refractivity contribution in [3.63, 3.8) is 0 Å². The van der Waals surface area contributed by atoms with Gasteiger partial charge in [-0.25, -0.2) is 0 Å². The Morgan fingerprint density at radius 3 is 1.38 bits per heavy atom. The van der Waals surface area contributed by atoms with E-state index >= 15 is 0 Å². The fourth-order valence-corrected chi connectivity index (χ4v) is 4.12. The van der Waals surface area contributed by atoms with Crippen LogP contribution in [0.5, 0.6) is 0 Å². The highest BCUT2D eigenvalue weighted by molar-refractivity contribution is 5.42. The Morgan fingerprint density at radius 1 is 0.615 bits per heavy atom. The van der Waals surface area contributed by atoms with Gasteiger partial charge in [0.05, 0.1) is 11.4 Å². The van der Waals surface area contributed by atoms with Gasteiger partial charge in [0.15, 0.2) is 0 Å². The van der Waals surface area contributed by atoms with E-state index in [0.717, 1.165) is 50.7 Å². The molecule has 0 saturated heterocycles. The van der Waals surface area contributed by atoms with Gasteiger partial charge in [-0.15, -0.1) is 0 Å². The lowest BCUT2D eigenvalue weighted by molar-refractivity contribution is 0.268. The summed E-state index contributed by atoms with van der Waals surface area (Å²) in [4.78, 5) is 13.9. The Bertz CT molecular complexity index is 800. The van der Waals surface area contributed by atoms with Crippen LogP contribution in [0.4, 0.5) is 0 Å². The molecular formula is C22H22N4. The lowest BCUT2D eigenvalue weighted by Crippen LogP contribution is -2.17. The first-order valence-corrected chi connectivity index (χ1v) is 9.21. The monoisotopic (exact) mass is 342 g/mol. The van der Waals surface area contributed by atoms with Crippen LogP contribution in [0.1, 0.15) is 33.6 Å². The lowest BCUT2D eigenvalue weighted by atomic mass is 10.0. The summed E-state index contributed by atoms with van der Waals surface area (Å²) in [7, 11) is 0. The van der Waals surface area contributed by atoms with E-state index in [1.165, 1.54) is 22.3 Å². The molecule has 2 aromatic heterocycles.